The van der Waals surface area contributed by atoms with Gasteiger partial charge in [0.05, 0.1) is 12.7 Å². The van der Waals surface area contributed by atoms with Gasteiger partial charge in [0.1, 0.15) is 11.5 Å². The summed E-state index contributed by atoms with van der Waals surface area (Å²) < 4.78 is 4.84. The average Bonchev–Trinajstić information content (AvgIpc) is 2.48. The largest absolute Gasteiger partial charge is 0.508 e. The highest BCUT2D eigenvalue weighted by Crippen LogP contribution is 2.33. The zero-order valence-electron chi connectivity index (χ0n) is 11.3. The van der Waals surface area contributed by atoms with Gasteiger partial charge in [0.25, 0.3) is 0 Å². The first-order valence-corrected chi connectivity index (χ1v) is 6.12. The Morgan fingerprint density at radius 3 is 2.33 bits per heavy atom. The fourth-order valence-electron chi connectivity index (χ4n) is 1.77. The Labute approximate surface area is 121 Å². The second kappa shape index (κ2) is 6.00. The molecular formula is C16H14O5. The van der Waals surface area contributed by atoms with Gasteiger partial charge < -0.3 is 20.1 Å². The summed E-state index contributed by atoms with van der Waals surface area (Å²) in [5, 5.41) is 28.6. The highest BCUT2D eigenvalue weighted by molar-refractivity contribution is 6.09. The molecule has 0 saturated heterocycles. The van der Waals surface area contributed by atoms with E-state index in [-0.39, 0.29) is 28.6 Å². The fourth-order valence-corrected chi connectivity index (χ4v) is 1.77. The van der Waals surface area contributed by atoms with Crippen molar-refractivity contribution < 1.29 is 24.9 Å². The number of hydrogen-bond donors (Lipinski definition) is 3. The second-order valence-corrected chi connectivity index (χ2v) is 4.33. The normalized spacial score (nSPS) is 10.7. The molecule has 2 rings (SSSR count). The minimum absolute atomic E-state index is 0.0247. The summed E-state index contributed by atoms with van der Waals surface area (Å²) in [6, 6.07) is 8.62. The van der Waals surface area contributed by atoms with Gasteiger partial charge in [-0.1, -0.05) is 18.2 Å². The highest BCUT2D eigenvalue weighted by Gasteiger charge is 2.13. The predicted molar refractivity (Wildman–Crippen MR) is 77.8 cm³/mol. The molecule has 0 saturated carbocycles. The third-order valence-corrected chi connectivity index (χ3v) is 2.88. The van der Waals surface area contributed by atoms with Crippen molar-refractivity contribution in [2.45, 2.75) is 0 Å². The Balaban J connectivity index is 2.24. The van der Waals surface area contributed by atoms with E-state index in [1.54, 1.807) is 18.2 Å². The van der Waals surface area contributed by atoms with Gasteiger partial charge in [0.2, 0.25) is 0 Å². The maximum absolute atomic E-state index is 12.0. The Hall–Kier alpha value is -2.95. The lowest BCUT2D eigenvalue weighted by atomic mass is 10.1. The molecule has 21 heavy (non-hydrogen) atoms. The molecule has 0 aliphatic rings. The standard InChI is InChI=1S/C16H14O5/c1-21-16-9-14(19)12(8-15(16)20)13(18)7-4-10-2-5-11(17)6-3-10/h2-9,17,19-20H,1H3/b7-4+. The Kier molecular flexibility index (Phi) is 4.13. The number of carbonyl (C=O) groups excluding carboxylic acids is 1. The van der Waals surface area contributed by atoms with Gasteiger partial charge in [-0.05, 0) is 29.8 Å². The lowest BCUT2D eigenvalue weighted by molar-refractivity contribution is 0.104. The van der Waals surface area contributed by atoms with Crippen molar-refractivity contribution in [3.63, 3.8) is 0 Å². The minimum Gasteiger partial charge on any atom is -0.508 e. The van der Waals surface area contributed by atoms with Crippen molar-refractivity contribution in [1.82, 2.24) is 0 Å². The third kappa shape index (κ3) is 3.33. The number of carbonyl (C=O) groups is 1. The molecule has 0 atom stereocenters. The van der Waals surface area contributed by atoms with Crippen LogP contribution in [0.25, 0.3) is 6.08 Å². The molecule has 0 amide bonds. The molecular weight excluding hydrogens is 272 g/mol. The van der Waals surface area contributed by atoms with Gasteiger partial charge in [-0.3, -0.25) is 4.79 Å². The van der Waals surface area contributed by atoms with Crippen LogP contribution in [-0.4, -0.2) is 28.2 Å². The molecule has 0 fully saturated rings. The topological polar surface area (TPSA) is 87.0 Å². The number of aromatic hydroxyl groups is 3. The van der Waals surface area contributed by atoms with E-state index < -0.39 is 5.78 Å². The first kappa shape index (κ1) is 14.5. The van der Waals surface area contributed by atoms with Crippen LogP contribution in [0.1, 0.15) is 15.9 Å². The summed E-state index contributed by atoms with van der Waals surface area (Å²) in [7, 11) is 1.35. The molecule has 0 aromatic heterocycles. The van der Waals surface area contributed by atoms with E-state index in [9.17, 15) is 15.0 Å². The van der Waals surface area contributed by atoms with Crippen molar-refractivity contribution in [1.29, 1.82) is 0 Å². The van der Waals surface area contributed by atoms with Crippen LogP contribution in [0.3, 0.4) is 0 Å². The summed E-state index contributed by atoms with van der Waals surface area (Å²) in [6.07, 6.45) is 2.82. The summed E-state index contributed by atoms with van der Waals surface area (Å²) in [5.41, 5.74) is 0.696. The summed E-state index contributed by atoms with van der Waals surface area (Å²) in [6.45, 7) is 0. The van der Waals surface area contributed by atoms with Crippen LogP contribution in [-0.2, 0) is 0 Å². The van der Waals surface area contributed by atoms with Crippen LogP contribution >= 0.6 is 0 Å². The quantitative estimate of drug-likeness (QED) is 0.457. The van der Waals surface area contributed by atoms with E-state index in [1.165, 1.54) is 31.4 Å². The third-order valence-electron chi connectivity index (χ3n) is 2.88. The van der Waals surface area contributed by atoms with Crippen molar-refractivity contribution in [2.24, 2.45) is 0 Å². The van der Waals surface area contributed by atoms with Crippen molar-refractivity contribution in [2.75, 3.05) is 7.11 Å². The maximum atomic E-state index is 12.0. The maximum Gasteiger partial charge on any atom is 0.189 e. The van der Waals surface area contributed by atoms with Crippen LogP contribution < -0.4 is 4.74 Å². The fraction of sp³-hybridized carbons (Fsp3) is 0.0625. The Bertz CT molecular complexity index is 687. The SMILES string of the molecule is COc1cc(O)c(C(=O)/C=C/c2ccc(O)cc2)cc1O. The molecule has 0 bridgehead atoms. The van der Waals surface area contributed by atoms with Gasteiger partial charge in [0.15, 0.2) is 17.3 Å². The number of phenols is 3. The number of rotatable bonds is 4. The van der Waals surface area contributed by atoms with Crippen molar-refractivity contribution >= 4 is 11.9 Å². The van der Waals surface area contributed by atoms with E-state index in [0.717, 1.165) is 11.6 Å². The minimum atomic E-state index is -0.460. The zero-order chi connectivity index (χ0) is 15.4. The van der Waals surface area contributed by atoms with E-state index in [0.29, 0.717) is 0 Å². The van der Waals surface area contributed by atoms with Gasteiger partial charge >= 0.3 is 0 Å². The van der Waals surface area contributed by atoms with Gasteiger partial charge in [-0.2, -0.15) is 0 Å². The van der Waals surface area contributed by atoms with Gasteiger partial charge in [-0.15, -0.1) is 0 Å². The van der Waals surface area contributed by atoms with Crippen LogP contribution in [0.5, 0.6) is 23.0 Å². The molecule has 0 aliphatic carbocycles. The lowest BCUT2D eigenvalue weighted by Crippen LogP contribution is -1.96. The average molecular weight is 286 g/mol. The first-order chi connectivity index (χ1) is 10.0. The summed E-state index contributed by atoms with van der Waals surface area (Å²) in [5.74, 6) is -0.733. The Morgan fingerprint density at radius 1 is 1.05 bits per heavy atom. The van der Waals surface area contributed by atoms with E-state index >= 15 is 0 Å². The molecule has 0 heterocycles. The van der Waals surface area contributed by atoms with Crippen molar-refractivity contribution in [3.05, 3.63) is 53.6 Å². The first-order valence-electron chi connectivity index (χ1n) is 6.12. The molecule has 108 valence electrons. The Morgan fingerprint density at radius 2 is 1.71 bits per heavy atom. The zero-order valence-corrected chi connectivity index (χ0v) is 11.3. The number of ether oxygens (including phenoxy) is 1. The second-order valence-electron chi connectivity index (χ2n) is 4.33. The number of benzene rings is 2. The number of phenolic OH excluding ortho intramolecular Hbond substituents is 3. The number of allylic oxidation sites excluding steroid dienone is 1. The molecule has 0 unspecified atom stereocenters. The molecule has 2 aromatic rings. The summed E-state index contributed by atoms with van der Waals surface area (Å²) >= 11 is 0. The monoisotopic (exact) mass is 286 g/mol. The van der Waals surface area contributed by atoms with Crippen molar-refractivity contribution in [3.8, 4) is 23.0 Å². The highest BCUT2D eigenvalue weighted by atomic mass is 16.5. The number of methoxy groups -OCH3 is 1. The van der Waals surface area contributed by atoms with Crippen LogP contribution in [0.15, 0.2) is 42.5 Å². The van der Waals surface area contributed by atoms with Crippen LogP contribution in [0.2, 0.25) is 0 Å². The molecule has 5 heteroatoms. The molecule has 5 nitrogen and oxygen atoms in total. The number of ketones is 1. The van der Waals surface area contributed by atoms with E-state index in [1.807, 2.05) is 0 Å². The van der Waals surface area contributed by atoms with Gasteiger partial charge in [0, 0.05) is 6.07 Å². The molecule has 0 aliphatic heterocycles. The molecule has 0 radical (unpaired) electrons. The van der Waals surface area contributed by atoms with E-state index in [4.69, 9.17) is 9.84 Å². The summed E-state index contributed by atoms with van der Waals surface area (Å²) in [4.78, 5) is 12.0. The number of hydrogen-bond acceptors (Lipinski definition) is 5. The van der Waals surface area contributed by atoms with Gasteiger partial charge in [-0.25, -0.2) is 0 Å². The molecule has 2 aromatic carbocycles. The smallest absolute Gasteiger partial charge is 0.189 e. The lowest BCUT2D eigenvalue weighted by Gasteiger charge is -2.06. The predicted octanol–water partition coefficient (Wildman–Crippen LogP) is 2.71. The van der Waals surface area contributed by atoms with Crippen LogP contribution in [0.4, 0.5) is 0 Å². The van der Waals surface area contributed by atoms with E-state index in [2.05, 4.69) is 0 Å². The van der Waals surface area contributed by atoms with Crippen LogP contribution in [0, 0.1) is 0 Å². The molecule has 0 spiro atoms. The molecule has 3 N–H and O–H groups in total.